The van der Waals surface area contributed by atoms with E-state index in [1.165, 1.54) is 18.4 Å². The van der Waals surface area contributed by atoms with Gasteiger partial charge in [0.2, 0.25) is 5.95 Å². The van der Waals surface area contributed by atoms with Gasteiger partial charge in [0, 0.05) is 30.8 Å². The number of nitrogens with one attached hydrogen (secondary N) is 1. The molecule has 1 aromatic carbocycles. The predicted molar refractivity (Wildman–Crippen MR) is 112 cm³/mol. The number of hydrogen-bond donors (Lipinski definition) is 2. The average molecular weight is 372 g/mol. The first-order valence-corrected chi connectivity index (χ1v) is 9.73. The minimum atomic E-state index is 0.315. The summed E-state index contributed by atoms with van der Waals surface area (Å²) in [4.78, 5) is 10.9. The van der Waals surface area contributed by atoms with Gasteiger partial charge in [0.15, 0.2) is 0 Å². The van der Waals surface area contributed by atoms with Crippen molar-refractivity contribution in [2.45, 2.75) is 39.5 Å². The molecule has 0 unspecified atom stereocenters. The Bertz CT molecular complexity index is 718. The summed E-state index contributed by atoms with van der Waals surface area (Å²) in [6, 6.07) is 8.22. The van der Waals surface area contributed by atoms with Crippen LogP contribution in [-0.4, -0.2) is 48.7 Å². The topological polar surface area (TPSA) is 76.3 Å². The monoisotopic (exact) mass is 371 g/mol. The molecule has 148 valence electrons. The van der Waals surface area contributed by atoms with Crippen LogP contribution >= 0.6 is 0 Å². The molecule has 0 saturated carbocycles. The van der Waals surface area contributed by atoms with Crippen molar-refractivity contribution in [3.63, 3.8) is 0 Å². The summed E-state index contributed by atoms with van der Waals surface area (Å²) in [7, 11) is 4.08. The third-order valence-corrected chi connectivity index (χ3v) is 4.39. The molecule has 2 aromatic rings. The van der Waals surface area contributed by atoms with E-state index in [1.54, 1.807) is 0 Å². The lowest BCUT2D eigenvalue weighted by Crippen LogP contribution is -2.19. The van der Waals surface area contributed by atoms with E-state index in [1.807, 2.05) is 33.2 Å². The van der Waals surface area contributed by atoms with E-state index in [4.69, 9.17) is 10.5 Å². The van der Waals surface area contributed by atoms with Crippen LogP contribution in [0.3, 0.4) is 0 Å². The Morgan fingerprint density at radius 1 is 1.19 bits per heavy atom. The second kappa shape index (κ2) is 10.7. The number of nitrogen functional groups attached to an aromatic ring is 1. The van der Waals surface area contributed by atoms with Crippen LogP contribution < -0.4 is 15.8 Å². The first kappa shape index (κ1) is 21.0. The van der Waals surface area contributed by atoms with E-state index in [0.29, 0.717) is 12.6 Å². The molecule has 0 fully saturated rings. The van der Waals surface area contributed by atoms with Crippen LogP contribution in [0.4, 0.5) is 11.8 Å². The third kappa shape index (κ3) is 7.06. The Labute approximate surface area is 163 Å². The number of unbranched alkanes of at least 4 members (excludes halogenated alkanes) is 2. The first-order chi connectivity index (χ1) is 13.0. The Morgan fingerprint density at radius 3 is 2.74 bits per heavy atom. The second-order valence-electron chi connectivity index (χ2n) is 7.10. The van der Waals surface area contributed by atoms with Gasteiger partial charge in [-0.2, -0.15) is 4.98 Å². The van der Waals surface area contributed by atoms with Crippen LogP contribution in [0, 0.1) is 6.92 Å². The van der Waals surface area contributed by atoms with Gasteiger partial charge in [0.05, 0.1) is 0 Å². The molecule has 0 amide bonds. The van der Waals surface area contributed by atoms with Crippen molar-refractivity contribution in [1.29, 1.82) is 0 Å². The van der Waals surface area contributed by atoms with E-state index in [2.05, 4.69) is 39.2 Å². The van der Waals surface area contributed by atoms with E-state index >= 15 is 0 Å². The molecule has 3 N–H and O–H groups in total. The van der Waals surface area contributed by atoms with Gasteiger partial charge in [0.25, 0.3) is 0 Å². The fourth-order valence-electron chi connectivity index (χ4n) is 2.85. The zero-order chi connectivity index (χ0) is 19.6. The van der Waals surface area contributed by atoms with Gasteiger partial charge in [-0.05, 0) is 45.1 Å². The summed E-state index contributed by atoms with van der Waals surface area (Å²) in [6.45, 7) is 6.64. The maximum absolute atomic E-state index is 5.87. The van der Waals surface area contributed by atoms with Crippen molar-refractivity contribution in [3.8, 4) is 5.75 Å². The van der Waals surface area contributed by atoms with E-state index in [0.717, 1.165) is 48.8 Å². The molecule has 0 spiro atoms. The minimum Gasteiger partial charge on any atom is -0.492 e. The number of nitrogens with zero attached hydrogens (tertiary/aromatic N) is 3. The van der Waals surface area contributed by atoms with Crippen molar-refractivity contribution in [1.82, 2.24) is 14.9 Å². The maximum Gasteiger partial charge on any atom is 0.222 e. The number of aromatic nitrogens is 2. The van der Waals surface area contributed by atoms with Gasteiger partial charge in [-0.15, -0.1) is 0 Å². The molecule has 0 aliphatic heterocycles. The van der Waals surface area contributed by atoms with Gasteiger partial charge in [-0.1, -0.05) is 31.9 Å². The lowest BCUT2D eigenvalue weighted by Gasteiger charge is -2.15. The van der Waals surface area contributed by atoms with Gasteiger partial charge < -0.3 is 20.7 Å². The maximum atomic E-state index is 5.87. The molecule has 1 aromatic heterocycles. The van der Waals surface area contributed by atoms with Crippen LogP contribution in [0.2, 0.25) is 0 Å². The van der Waals surface area contributed by atoms with Gasteiger partial charge in [-0.3, -0.25) is 0 Å². The summed E-state index contributed by atoms with van der Waals surface area (Å²) >= 11 is 0. The van der Waals surface area contributed by atoms with Crippen LogP contribution in [0.5, 0.6) is 5.75 Å². The van der Waals surface area contributed by atoms with Crippen LogP contribution in [-0.2, 0) is 6.42 Å². The number of likely N-dealkylation sites (N-methyl/N-ethyl adjacent to an activating group) is 1. The Kier molecular flexibility index (Phi) is 8.33. The predicted octanol–water partition coefficient (Wildman–Crippen LogP) is 3.50. The number of anilines is 2. The van der Waals surface area contributed by atoms with Crippen molar-refractivity contribution in [2.24, 2.45) is 0 Å². The van der Waals surface area contributed by atoms with Gasteiger partial charge >= 0.3 is 0 Å². The third-order valence-electron chi connectivity index (χ3n) is 4.39. The number of ether oxygens (including phenoxy) is 1. The molecule has 0 aliphatic rings. The lowest BCUT2D eigenvalue weighted by molar-refractivity contribution is 0.261. The molecule has 0 saturated heterocycles. The Hall–Kier alpha value is -2.34. The van der Waals surface area contributed by atoms with Crippen molar-refractivity contribution < 1.29 is 4.74 Å². The Morgan fingerprint density at radius 2 is 2.00 bits per heavy atom. The molecule has 6 heteroatoms. The SMILES string of the molecule is CCCCCNc1nc(N)nc(C)c1Cc1cccc(OCCN(C)C)c1. The van der Waals surface area contributed by atoms with Crippen molar-refractivity contribution in [2.75, 3.05) is 44.8 Å². The average Bonchev–Trinajstić information content (AvgIpc) is 2.61. The minimum absolute atomic E-state index is 0.315. The summed E-state index contributed by atoms with van der Waals surface area (Å²) in [6.07, 6.45) is 4.26. The van der Waals surface area contributed by atoms with Crippen LogP contribution in [0.1, 0.15) is 43.0 Å². The fraction of sp³-hybridized carbons (Fsp3) is 0.524. The smallest absolute Gasteiger partial charge is 0.222 e. The van der Waals surface area contributed by atoms with Crippen LogP contribution in [0.25, 0.3) is 0 Å². The number of nitrogens with two attached hydrogens (primary N) is 1. The van der Waals surface area contributed by atoms with Gasteiger partial charge in [-0.25, -0.2) is 4.98 Å². The molecular weight excluding hydrogens is 338 g/mol. The summed E-state index contributed by atoms with van der Waals surface area (Å²) in [5.74, 6) is 2.05. The lowest BCUT2D eigenvalue weighted by atomic mass is 10.0. The zero-order valence-corrected chi connectivity index (χ0v) is 17.1. The highest BCUT2D eigenvalue weighted by Gasteiger charge is 2.12. The molecule has 0 radical (unpaired) electrons. The fourth-order valence-corrected chi connectivity index (χ4v) is 2.85. The Balaban J connectivity index is 2.11. The second-order valence-corrected chi connectivity index (χ2v) is 7.10. The van der Waals surface area contributed by atoms with Crippen molar-refractivity contribution in [3.05, 3.63) is 41.1 Å². The molecule has 6 nitrogen and oxygen atoms in total. The number of hydrogen-bond acceptors (Lipinski definition) is 6. The normalized spacial score (nSPS) is 11.0. The van der Waals surface area contributed by atoms with E-state index < -0.39 is 0 Å². The standard InChI is InChI=1S/C21H33N5O/c1-5-6-7-11-23-20-19(16(2)24-21(22)25-20)15-17-9-8-10-18(14-17)27-13-12-26(3)4/h8-10,14H,5-7,11-13,15H2,1-4H3,(H3,22,23,24,25). The zero-order valence-electron chi connectivity index (χ0n) is 17.1. The highest BCUT2D eigenvalue weighted by atomic mass is 16.5. The number of aryl methyl sites for hydroxylation is 1. The molecule has 0 bridgehead atoms. The number of rotatable bonds is 11. The van der Waals surface area contributed by atoms with Crippen LogP contribution in [0.15, 0.2) is 24.3 Å². The highest BCUT2D eigenvalue weighted by Crippen LogP contribution is 2.23. The van der Waals surface area contributed by atoms with E-state index in [9.17, 15) is 0 Å². The molecular formula is C21H33N5O. The largest absolute Gasteiger partial charge is 0.492 e. The number of benzene rings is 1. The van der Waals surface area contributed by atoms with Gasteiger partial charge in [0.1, 0.15) is 18.2 Å². The molecule has 0 aliphatic carbocycles. The summed E-state index contributed by atoms with van der Waals surface area (Å²) in [5.41, 5.74) is 9.05. The highest BCUT2D eigenvalue weighted by molar-refractivity contribution is 5.51. The molecule has 27 heavy (non-hydrogen) atoms. The molecule has 0 atom stereocenters. The summed E-state index contributed by atoms with van der Waals surface area (Å²) < 4.78 is 5.86. The molecule has 2 rings (SSSR count). The quantitative estimate of drug-likeness (QED) is 0.589. The molecule has 1 heterocycles. The van der Waals surface area contributed by atoms with E-state index in [-0.39, 0.29) is 0 Å². The summed E-state index contributed by atoms with van der Waals surface area (Å²) in [5, 5.41) is 3.44. The first-order valence-electron chi connectivity index (χ1n) is 9.73. The van der Waals surface area contributed by atoms with Crippen molar-refractivity contribution >= 4 is 11.8 Å².